The molecule has 2 aliphatic carbocycles. The van der Waals surface area contributed by atoms with Crippen LogP contribution in [-0.2, 0) is 12.6 Å². The molecular formula is C16H17ClN4O. The van der Waals surface area contributed by atoms with Crippen molar-refractivity contribution in [3.05, 3.63) is 46.5 Å². The van der Waals surface area contributed by atoms with Gasteiger partial charge in [-0.1, -0.05) is 17.7 Å². The maximum Gasteiger partial charge on any atom is 0.270 e. The number of amides is 1. The molecule has 114 valence electrons. The van der Waals surface area contributed by atoms with E-state index in [2.05, 4.69) is 15.4 Å². The van der Waals surface area contributed by atoms with E-state index in [-0.39, 0.29) is 11.4 Å². The van der Waals surface area contributed by atoms with Gasteiger partial charge < -0.3 is 5.32 Å². The first-order chi connectivity index (χ1) is 10.6. The van der Waals surface area contributed by atoms with E-state index in [4.69, 9.17) is 11.6 Å². The number of pyridine rings is 1. The first kappa shape index (κ1) is 13.8. The molecule has 6 heteroatoms. The van der Waals surface area contributed by atoms with Gasteiger partial charge in [0, 0.05) is 19.2 Å². The Kier molecular flexibility index (Phi) is 3.01. The summed E-state index contributed by atoms with van der Waals surface area (Å²) in [6.07, 6.45) is 5.95. The number of carbonyl (C=O) groups excluding carboxylic acids is 1. The lowest BCUT2D eigenvalue weighted by atomic mass is 10.1. The molecule has 0 spiro atoms. The van der Waals surface area contributed by atoms with Crippen LogP contribution >= 0.6 is 11.6 Å². The Bertz CT molecular complexity index is 729. The number of halogens is 1. The molecule has 1 amide bonds. The lowest BCUT2D eigenvalue weighted by molar-refractivity contribution is 0.0921. The van der Waals surface area contributed by atoms with Gasteiger partial charge in [0.1, 0.15) is 10.8 Å². The van der Waals surface area contributed by atoms with E-state index >= 15 is 0 Å². The SMILES string of the molecule is Cn1nc(C2CC2)cc1C(=O)NC1(c2ccc(Cl)nc2)CC1. The Morgan fingerprint density at radius 2 is 2.18 bits per heavy atom. The summed E-state index contributed by atoms with van der Waals surface area (Å²) in [5, 5.41) is 8.07. The first-order valence-electron chi connectivity index (χ1n) is 7.56. The molecule has 2 aromatic heterocycles. The van der Waals surface area contributed by atoms with Crippen molar-refractivity contribution in [3.8, 4) is 0 Å². The number of aromatic nitrogens is 3. The lowest BCUT2D eigenvalue weighted by Crippen LogP contribution is -2.36. The number of nitrogens with zero attached hydrogens (tertiary/aromatic N) is 3. The van der Waals surface area contributed by atoms with Gasteiger partial charge in [-0.3, -0.25) is 9.48 Å². The fourth-order valence-electron chi connectivity index (χ4n) is 2.83. The summed E-state index contributed by atoms with van der Waals surface area (Å²) in [6.45, 7) is 0. The van der Waals surface area contributed by atoms with Crippen molar-refractivity contribution >= 4 is 17.5 Å². The van der Waals surface area contributed by atoms with E-state index in [0.717, 1.165) is 24.1 Å². The number of carbonyl (C=O) groups is 1. The van der Waals surface area contributed by atoms with Crippen LogP contribution in [-0.4, -0.2) is 20.7 Å². The fraction of sp³-hybridized carbons (Fsp3) is 0.438. The van der Waals surface area contributed by atoms with Crippen LogP contribution in [0.1, 0.15) is 53.3 Å². The van der Waals surface area contributed by atoms with Gasteiger partial charge in [-0.25, -0.2) is 4.98 Å². The van der Waals surface area contributed by atoms with Crippen LogP contribution in [0.2, 0.25) is 5.15 Å². The van der Waals surface area contributed by atoms with Gasteiger partial charge in [0.25, 0.3) is 5.91 Å². The second-order valence-electron chi connectivity index (χ2n) is 6.26. The van der Waals surface area contributed by atoms with Crippen molar-refractivity contribution in [2.75, 3.05) is 0 Å². The van der Waals surface area contributed by atoms with E-state index in [1.54, 1.807) is 16.9 Å². The van der Waals surface area contributed by atoms with Gasteiger partial charge in [0.05, 0.1) is 11.2 Å². The molecule has 22 heavy (non-hydrogen) atoms. The molecule has 0 bridgehead atoms. The van der Waals surface area contributed by atoms with Crippen LogP contribution in [0.3, 0.4) is 0 Å². The van der Waals surface area contributed by atoms with Crippen molar-refractivity contribution in [1.29, 1.82) is 0 Å². The monoisotopic (exact) mass is 316 g/mol. The Labute approximate surface area is 133 Å². The summed E-state index contributed by atoms with van der Waals surface area (Å²) in [6, 6.07) is 5.61. The maximum atomic E-state index is 12.6. The number of hydrogen-bond donors (Lipinski definition) is 1. The predicted molar refractivity (Wildman–Crippen MR) is 82.8 cm³/mol. The Morgan fingerprint density at radius 3 is 2.77 bits per heavy atom. The number of rotatable bonds is 4. The zero-order valence-corrected chi connectivity index (χ0v) is 13.1. The van der Waals surface area contributed by atoms with E-state index in [0.29, 0.717) is 16.8 Å². The highest BCUT2D eigenvalue weighted by Crippen LogP contribution is 2.45. The van der Waals surface area contributed by atoms with Crippen LogP contribution in [0.5, 0.6) is 0 Å². The highest BCUT2D eigenvalue weighted by molar-refractivity contribution is 6.29. The quantitative estimate of drug-likeness (QED) is 0.882. The minimum absolute atomic E-state index is 0.0747. The smallest absolute Gasteiger partial charge is 0.270 e. The van der Waals surface area contributed by atoms with Gasteiger partial charge in [-0.15, -0.1) is 0 Å². The minimum atomic E-state index is -0.293. The summed E-state index contributed by atoms with van der Waals surface area (Å²) >= 11 is 5.83. The van der Waals surface area contributed by atoms with Crippen molar-refractivity contribution < 1.29 is 4.79 Å². The number of hydrogen-bond acceptors (Lipinski definition) is 3. The molecule has 0 aliphatic heterocycles. The molecule has 2 aliphatic rings. The van der Waals surface area contributed by atoms with Gasteiger partial charge in [-0.2, -0.15) is 5.10 Å². The Balaban J connectivity index is 1.55. The van der Waals surface area contributed by atoms with Crippen LogP contribution in [0.15, 0.2) is 24.4 Å². The molecule has 1 N–H and O–H groups in total. The molecule has 2 aromatic rings. The van der Waals surface area contributed by atoms with Gasteiger partial charge in [-0.05, 0) is 43.4 Å². The van der Waals surface area contributed by atoms with Gasteiger partial charge in [0.15, 0.2) is 0 Å². The van der Waals surface area contributed by atoms with E-state index in [9.17, 15) is 4.79 Å². The molecular weight excluding hydrogens is 300 g/mol. The highest BCUT2D eigenvalue weighted by Gasteiger charge is 2.46. The van der Waals surface area contributed by atoms with E-state index in [1.807, 2.05) is 19.2 Å². The van der Waals surface area contributed by atoms with Crippen LogP contribution in [0, 0.1) is 0 Å². The topological polar surface area (TPSA) is 59.8 Å². The summed E-state index contributed by atoms with van der Waals surface area (Å²) < 4.78 is 1.68. The lowest BCUT2D eigenvalue weighted by Gasteiger charge is -2.17. The van der Waals surface area contributed by atoms with Crippen molar-refractivity contribution in [2.45, 2.75) is 37.1 Å². The molecule has 0 aromatic carbocycles. The largest absolute Gasteiger partial charge is 0.341 e. The molecule has 0 saturated heterocycles. The Morgan fingerprint density at radius 1 is 1.41 bits per heavy atom. The van der Waals surface area contributed by atoms with Gasteiger partial charge >= 0.3 is 0 Å². The Hall–Kier alpha value is -1.88. The van der Waals surface area contributed by atoms with E-state index in [1.165, 1.54) is 12.8 Å². The van der Waals surface area contributed by atoms with Gasteiger partial charge in [0.2, 0.25) is 0 Å². The summed E-state index contributed by atoms with van der Waals surface area (Å²) in [5.74, 6) is 0.470. The third kappa shape index (κ3) is 2.39. The second kappa shape index (κ2) is 4.81. The molecule has 2 heterocycles. The average molecular weight is 317 g/mol. The molecule has 0 atom stereocenters. The summed E-state index contributed by atoms with van der Waals surface area (Å²) in [4.78, 5) is 16.7. The zero-order valence-electron chi connectivity index (χ0n) is 12.3. The summed E-state index contributed by atoms with van der Waals surface area (Å²) in [7, 11) is 1.82. The van der Waals surface area contributed by atoms with Crippen LogP contribution in [0.25, 0.3) is 0 Å². The van der Waals surface area contributed by atoms with Crippen molar-refractivity contribution in [2.24, 2.45) is 7.05 Å². The zero-order chi connectivity index (χ0) is 15.3. The normalized spacial score (nSPS) is 19.0. The number of aryl methyl sites for hydroxylation is 1. The molecule has 5 nitrogen and oxygen atoms in total. The molecule has 2 fully saturated rings. The highest BCUT2D eigenvalue weighted by atomic mass is 35.5. The third-order valence-corrected chi connectivity index (χ3v) is 4.73. The van der Waals surface area contributed by atoms with Crippen molar-refractivity contribution in [1.82, 2.24) is 20.1 Å². The fourth-order valence-corrected chi connectivity index (χ4v) is 2.94. The van der Waals surface area contributed by atoms with E-state index < -0.39 is 0 Å². The predicted octanol–water partition coefficient (Wildman–Crippen LogP) is 2.77. The third-order valence-electron chi connectivity index (χ3n) is 4.51. The van der Waals surface area contributed by atoms with Crippen molar-refractivity contribution in [3.63, 3.8) is 0 Å². The van der Waals surface area contributed by atoms with Crippen LogP contribution < -0.4 is 5.32 Å². The minimum Gasteiger partial charge on any atom is -0.341 e. The molecule has 0 unspecified atom stereocenters. The number of nitrogens with one attached hydrogen (secondary N) is 1. The van der Waals surface area contributed by atoms with Crippen LogP contribution in [0.4, 0.5) is 0 Å². The standard InChI is InChI=1S/C16H17ClN4O/c1-21-13(8-12(20-21)10-2-3-10)15(22)19-16(6-7-16)11-4-5-14(17)18-9-11/h4-5,8-10H,2-3,6-7H2,1H3,(H,19,22). The maximum absolute atomic E-state index is 12.6. The molecule has 0 radical (unpaired) electrons. The first-order valence-corrected chi connectivity index (χ1v) is 7.94. The second-order valence-corrected chi connectivity index (χ2v) is 6.65. The average Bonchev–Trinajstić information content (AvgIpc) is 3.40. The summed E-state index contributed by atoms with van der Waals surface area (Å²) in [5.41, 5.74) is 2.37. The molecule has 4 rings (SSSR count). The molecule has 2 saturated carbocycles.